The van der Waals surface area contributed by atoms with Crippen molar-refractivity contribution < 1.29 is 4.79 Å². The van der Waals surface area contributed by atoms with Crippen LogP contribution in [-0.4, -0.2) is 35.9 Å². The molecule has 1 aromatic heterocycles. The zero-order valence-electron chi connectivity index (χ0n) is 10.5. The fourth-order valence-corrected chi connectivity index (χ4v) is 2.64. The minimum Gasteiger partial charge on any atom is -0.358 e. The second-order valence-electron chi connectivity index (χ2n) is 4.72. The molecule has 2 N–H and O–H groups in total. The molecule has 94 valence electrons. The van der Waals surface area contributed by atoms with Crippen LogP contribution in [0.4, 0.5) is 0 Å². The average molecular weight is 243 g/mol. The first-order valence-electron chi connectivity index (χ1n) is 6.30. The standard InChI is InChI=1S/C14H17N3O/c1-15-8-14(18)17-7-6-13-11(9-17)10-4-2-3-5-12(10)16-13/h2-5,15-16H,6-9H2,1H3. The Morgan fingerprint density at radius 2 is 2.28 bits per heavy atom. The van der Waals surface area contributed by atoms with Crippen LogP contribution in [0.15, 0.2) is 24.3 Å². The number of carbonyl (C=O) groups excluding carboxylic acids is 1. The average Bonchev–Trinajstić information content (AvgIpc) is 2.76. The number of aromatic amines is 1. The highest BCUT2D eigenvalue weighted by atomic mass is 16.2. The lowest BCUT2D eigenvalue weighted by atomic mass is 10.0. The Morgan fingerprint density at radius 3 is 3.11 bits per heavy atom. The number of fused-ring (bicyclic) bond motifs is 3. The van der Waals surface area contributed by atoms with Crippen molar-refractivity contribution in [1.29, 1.82) is 0 Å². The molecule has 1 aliphatic heterocycles. The maximum atomic E-state index is 11.9. The number of hydrogen-bond acceptors (Lipinski definition) is 2. The summed E-state index contributed by atoms with van der Waals surface area (Å²) in [6.45, 7) is 1.94. The van der Waals surface area contributed by atoms with Crippen LogP contribution in [0.25, 0.3) is 10.9 Å². The van der Waals surface area contributed by atoms with Gasteiger partial charge in [0, 0.05) is 41.7 Å². The smallest absolute Gasteiger partial charge is 0.236 e. The molecule has 4 nitrogen and oxygen atoms in total. The fraction of sp³-hybridized carbons (Fsp3) is 0.357. The first kappa shape index (κ1) is 11.3. The van der Waals surface area contributed by atoms with Gasteiger partial charge in [0.05, 0.1) is 6.54 Å². The SMILES string of the molecule is CNCC(=O)N1CCc2[nH]c3ccccc3c2C1. The molecule has 0 saturated carbocycles. The minimum atomic E-state index is 0.174. The van der Waals surface area contributed by atoms with Crippen molar-refractivity contribution in [2.45, 2.75) is 13.0 Å². The van der Waals surface area contributed by atoms with Crippen LogP contribution in [0.1, 0.15) is 11.3 Å². The number of nitrogens with zero attached hydrogens (tertiary/aromatic N) is 1. The lowest BCUT2D eigenvalue weighted by Crippen LogP contribution is -2.40. The van der Waals surface area contributed by atoms with Crippen LogP contribution in [-0.2, 0) is 17.8 Å². The second kappa shape index (κ2) is 4.46. The van der Waals surface area contributed by atoms with Crippen LogP contribution in [0, 0.1) is 0 Å². The molecule has 1 amide bonds. The summed E-state index contributed by atoms with van der Waals surface area (Å²) in [5.74, 6) is 0.174. The highest BCUT2D eigenvalue weighted by molar-refractivity contribution is 5.86. The molecule has 0 spiro atoms. The van der Waals surface area contributed by atoms with Crippen LogP contribution in [0.5, 0.6) is 0 Å². The van der Waals surface area contributed by atoms with E-state index in [-0.39, 0.29) is 5.91 Å². The van der Waals surface area contributed by atoms with Gasteiger partial charge in [0.25, 0.3) is 0 Å². The Hall–Kier alpha value is -1.81. The van der Waals surface area contributed by atoms with Crippen molar-refractivity contribution in [1.82, 2.24) is 15.2 Å². The highest BCUT2D eigenvalue weighted by Gasteiger charge is 2.23. The summed E-state index contributed by atoms with van der Waals surface area (Å²) in [4.78, 5) is 17.3. The lowest BCUT2D eigenvalue weighted by molar-refractivity contribution is -0.131. The number of carbonyl (C=O) groups is 1. The van der Waals surface area contributed by atoms with E-state index in [9.17, 15) is 4.79 Å². The van der Waals surface area contributed by atoms with Gasteiger partial charge in [-0.1, -0.05) is 18.2 Å². The number of aromatic nitrogens is 1. The molecule has 0 fully saturated rings. The van der Waals surface area contributed by atoms with Crippen molar-refractivity contribution in [2.24, 2.45) is 0 Å². The Morgan fingerprint density at radius 1 is 1.44 bits per heavy atom. The van der Waals surface area contributed by atoms with Crippen LogP contribution in [0.2, 0.25) is 0 Å². The summed E-state index contributed by atoms with van der Waals surface area (Å²) >= 11 is 0. The Bertz CT molecular complexity index is 588. The summed E-state index contributed by atoms with van der Waals surface area (Å²) in [6.07, 6.45) is 0.916. The van der Waals surface area contributed by atoms with E-state index >= 15 is 0 Å². The predicted molar refractivity (Wildman–Crippen MR) is 71.3 cm³/mol. The van der Waals surface area contributed by atoms with Crippen molar-refractivity contribution in [3.63, 3.8) is 0 Å². The molecule has 2 aromatic rings. The van der Waals surface area contributed by atoms with Gasteiger partial charge in [-0.3, -0.25) is 4.79 Å². The monoisotopic (exact) mass is 243 g/mol. The Kier molecular flexibility index (Phi) is 2.80. The molecule has 0 atom stereocenters. The van der Waals surface area contributed by atoms with E-state index in [4.69, 9.17) is 0 Å². The normalized spacial score (nSPS) is 14.8. The van der Waals surface area contributed by atoms with Gasteiger partial charge >= 0.3 is 0 Å². The van der Waals surface area contributed by atoms with E-state index in [1.54, 1.807) is 7.05 Å². The number of nitrogens with one attached hydrogen (secondary N) is 2. The molecule has 1 aromatic carbocycles. The van der Waals surface area contributed by atoms with E-state index in [2.05, 4.69) is 22.4 Å². The van der Waals surface area contributed by atoms with Crippen molar-refractivity contribution >= 4 is 16.8 Å². The third-order valence-electron chi connectivity index (χ3n) is 3.56. The second-order valence-corrected chi connectivity index (χ2v) is 4.72. The number of para-hydroxylation sites is 1. The number of benzene rings is 1. The minimum absolute atomic E-state index is 0.174. The van der Waals surface area contributed by atoms with Gasteiger partial charge in [-0.2, -0.15) is 0 Å². The van der Waals surface area contributed by atoms with Gasteiger partial charge in [-0.25, -0.2) is 0 Å². The largest absolute Gasteiger partial charge is 0.358 e. The van der Waals surface area contributed by atoms with Crippen molar-refractivity contribution in [2.75, 3.05) is 20.1 Å². The molecule has 3 rings (SSSR count). The molecule has 0 aliphatic carbocycles. The predicted octanol–water partition coefficient (Wildman–Crippen LogP) is 1.27. The molecule has 2 heterocycles. The zero-order chi connectivity index (χ0) is 12.5. The van der Waals surface area contributed by atoms with Crippen molar-refractivity contribution in [3.05, 3.63) is 35.5 Å². The van der Waals surface area contributed by atoms with Crippen LogP contribution < -0.4 is 5.32 Å². The van der Waals surface area contributed by atoms with Crippen molar-refractivity contribution in [3.8, 4) is 0 Å². The van der Waals surface area contributed by atoms with Crippen LogP contribution >= 0.6 is 0 Å². The molecule has 0 radical (unpaired) electrons. The summed E-state index contributed by atoms with van der Waals surface area (Å²) in [5, 5.41) is 4.17. The van der Waals surface area contributed by atoms with E-state index in [0.717, 1.165) is 19.5 Å². The molecular weight excluding hydrogens is 226 g/mol. The van der Waals surface area contributed by atoms with E-state index in [1.807, 2.05) is 17.0 Å². The van der Waals surface area contributed by atoms with Gasteiger partial charge in [0.2, 0.25) is 5.91 Å². The zero-order valence-corrected chi connectivity index (χ0v) is 10.5. The van der Waals surface area contributed by atoms with Gasteiger partial charge in [0.15, 0.2) is 0 Å². The molecule has 0 unspecified atom stereocenters. The fourth-order valence-electron chi connectivity index (χ4n) is 2.64. The number of amides is 1. The van der Waals surface area contributed by atoms with Gasteiger partial charge < -0.3 is 15.2 Å². The summed E-state index contributed by atoms with van der Waals surface area (Å²) in [7, 11) is 1.80. The molecule has 4 heteroatoms. The maximum Gasteiger partial charge on any atom is 0.236 e. The number of rotatable bonds is 2. The van der Waals surface area contributed by atoms with Crippen LogP contribution in [0.3, 0.4) is 0 Å². The van der Waals surface area contributed by atoms with Gasteiger partial charge in [-0.15, -0.1) is 0 Å². The maximum absolute atomic E-state index is 11.9. The third kappa shape index (κ3) is 1.78. The van der Waals surface area contributed by atoms with Gasteiger partial charge in [-0.05, 0) is 13.1 Å². The summed E-state index contributed by atoms with van der Waals surface area (Å²) in [6, 6.07) is 8.29. The summed E-state index contributed by atoms with van der Waals surface area (Å²) < 4.78 is 0. The van der Waals surface area contributed by atoms with E-state index in [1.165, 1.54) is 22.2 Å². The quantitative estimate of drug-likeness (QED) is 0.834. The van der Waals surface area contributed by atoms with E-state index in [0.29, 0.717) is 6.54 Å². The molecule has 1 aliphatic rings. The first-order chi connectivity index (χ1) is 8.79. The number of H-pyrrole nitrogens is 1. The molecule has 18 heavy (non-hydrogen) atoms. The molecule has 0 bridgehead atoms. The Balaban J connectivity index is 1.94. The third-order valence-corrected chi connectivity index (χ3v) is 3.56. The van der Waals surface area contributed by atoms with E-state index < -0.39 is 0 Å². The molecule has 0 saturated heterocycles. The topological polar surface area (TPSA) is 48.1 Å². The Labute approximate surface area is 106 Å². The van der Waals surface area contributed by atoms with Gasteiger partial charge in [0.1, 0.15) is 0 Å². The first-order valence-corrected chi connectivity index (χ1v) is 6.30. The number of hydrogen-bond donors (Lipinski definition) is 2. The highest BCUT2D eigenvalue weighted by Crippen LogP contribution is 2.27. The molecular formula is C14H17N3O. The number of likely N-dealkylation sites (N-methyl/N-ethyl adjacent to an activating group) is 1. The lowest BCUT2D eigenvalue weighted by Gasteiger charge is -2.27. The summed E-state index contributed by atoms with van der Waals surface area (Å²) in [5.41, 5.74) is 3.73.